The number of benzene rings is 1. The van der Waals surface area contributed by atoms with E-state index in [9.17, 15) is 0 Å². The first-order chi connectivity index (χ1) is 10.3. The van der Waals surface area contributed by atoms with Crippen LogP contribution in [0, 0.1) is 0 Å². The highest BCUT2D eigenvalue weighted by atomic mass is 32.1. The molecule has 0 aliphatic carbocycles. The predicted molar refractivity (Wildman–Crippen MR) is 91.9 cm³/mol. The Hall–Kier alpha value is -1.32. The fourth-order valence-corrected chi connectivity index (χ4v) is 3.83. The third-order valence-corrected chi connectivity index (χ3v) is 5.18. The fourth-order valence-electron chi connectivity index (χ4n) is 2.97. The Bertz CT molecular complexity index is 527. The summed E-state index contributed by atoms with van der Waals surface area (Å²) in [4.78, 5) is 3.96. The van der Waals surface area contributed by atoms with Crippen LogP contribution in [-0.2, 0) is 6.54 Å². The van der Waals surface area contributed by atoms with E-state index in [4.69, 9.17) is 0 Å². The van der Waals surface area contributed by atoms with Crippen molar-refractivity contribution in [2.45, 2.75) is 38.8 Å². The largest absolute Gasteiger partial charge is 0.377 e. The molecular formula is C18H24N2S. The molecule has 1 fully saturated rings. The number of hydrogen-bond donors (Lipinski definition) is 1. The quantitative estimate of drug-likeness (QED) is 0.815. The SMILES string of the molecule is CCC(Nc1ccc(CN2CCCC2)cc1)c1cccs1. The van der Waals surface area contributed by atoms with Gasteiger partial charge in [0.1, 0.15) is 0 Å². The Kier molecular flexibility index (Phi) is 4.94. The van der Waals surface area contributed by atoms with Gasteiger partial charge in [-0.25, -0.2) is 0 Å². The van der Waals surface area contributed by atoms with Gasteiger partial charge in [-0.05, 0) is 61.5 Å². The highest BCUT2D eigenvalue weighted by molar-refractivity contribution is 7.10. The second-order valence-corrected chi connectivity index (χ2v) is 6.78. The van der Waals surface area contributed by atoms with Crippen molar-refractivity contribution in [1.29, 1.82) is 0 Å². The van der Waals surface area contributed by atoms with Gasteiger partial charge in [-0.2, -0.15) is 0 Å². The van der Waals surface area contributed by atoms with Gasteiger partial charge in [0, 0.05) is 17.1 Å². The lowest BCUT2D eigenvalue weighted by atomic mass is 10.1. The normalized spacial score (nSPS) is 17.0. The summed E-state index contributed by atoms with van der Waals surface area (Å²) >= 11 is 1.83. The molecule has 2 aromatic rings. The molecule has 0 spiro atoms. The first kappa shape index (κ1) is 14.6. The Balaban J connectivity index is 1.60. The van der Waals surface area contributed by atoms with Crippen LogP contribution >= 0.6 is 11.3 Å². The van der Waals surface area contributed by atoms with Crippen LogP contribution in [0.5, 0.6) is 0 Å². The zero-order chi connectivity index (χ0) is 14.5. The van der Waals surface area contributed by atoms with Crippen LogP contribution in [0.2, 0.25) is 0 Å². The summed E-state index contributed by atoms with van der Waals surface area (Å²) in [6.45, 7) is 5.86. The maximum atomic E-state index is 3.65. The highest BCUT2D eigenvalue weighted by Crippen LogP contribution is 2.26. The van der Waals surface area contributed by atoms with Gasteiger partial charge in [0.25, 0.3) is 0 Å². The van der Waals surface area contributed by atoms with E-state index in [2.05, 4.69) is 58.9 Å². The smallest absolute Gasteiger partial charge is 0.0603 e. The third kappa shape index (κ3) is 3.86. The van der Waals surface area contributed by atoms with Crippen LogP contribution in [0.3, 0.4) is 0 Å². The summed E-state index contributed by atoms with van der Waals surface area (Å²) in [5.74, 6) is 0. The Morgan fingerprint density at radius 1 is 1.14 bits per heavy atom. The van der Waals surface area contributed by atoms with Crippen molar-refractivity contribution in [2.24, 2.45) is 0 Å². The molecule has 3 heteroatoms. The van der Waals surface area contributed by atoms with Crippen molar-refractivity contribution in [2.75, 3.05) is 18.4 Å². The molecule has 1 aliphatic heterocycles. The molecule has 0 radical (unpaired) electrons. The molecule has 1 aliphatic rings. The molecular weight excluding hydrogens is 276 g/mol. The van der Waals surface area contributed by atoms with E-state index >= 15 is 0 Å². The zero-order valence-corrected chi connectivity index (χ0v) is 13.5. The van der Waals surface area contributed by atoms with Crippen molar-refractivity contribution in [3.05, 3.63) is 52.2 Å². The summed E-state index contributed by atoms with van der Waals surface area (Å²) in [7, 11) is 0. The molecule has 112 valence electrons. The number of nitrogens with zero attached hydrogens (tertiary/aromatic N) is 1. The van der Waals surface area contributed by atoms with Gasteiger partial charge in [-0.3, -0.25) is 4.90 Å². The number of likely N-dealkylation sites (tertiary alicyclic amines) is 1. The molecule has 0 amide bonds. The minimum atomic E-state index is 0.425. The minimum absolute atomic E-state index is 0.425. The molecule has 1 unspecified atom stereocenters. The third-order valence-electron chi connectivity index (χ3n) is 4.19. The summed E-state index contributed by atoms with van der Waals surface area (Å²) in [5, 5.41) is 5.80. The maximum absolute atomic E-state index is 3.65. The number of nitrogens with one attached hydrogen (secondary N) is 1. The van der Waals surface area contributed by atoms with E-state index < -0.39 is 0 Å². The lowest BCUT2D eigenvalue weighted by Crippen LogP contribution is -2.18. The van der Waals surface area contributed by atoms with E-state index in [1.807, 2.05) is 11.3 Å². The van der Waals surface area contributed by atoms with Gasteiger partial charge in [0.2, 0.25) is 0 Å². The van der Waals surface area contributed by atoms with Crippen LogP contribution < -0.4 is 5.32 Å². The number of thiophene rings is 1. The van der Waals surface area contributed by atoms with Gasteiger partial charge in [-0.15, -0.1) is 11.3 Å². The average molecular weight is 300 g/mol. The molecule has 2 nitrogen and oxygen atoms in total. The van der Waals surface area contributed by atoms with Gasteiger partial charge in [0.05, 0.1) is 6.04 Å². The van der Waals surface area contributed by atoms with E-state index in [-0.39, 0.29) is 0 Å². The molecule has 0 bridgehead atoms. The van der Waals surface area contributed by atoms with Crippen LogP contribution in [-0.4, -0.2) is 18.0 Å². The fraction of sp³-hybridized carbons (Fsp3) is 0.444. The number of rotatable bonds is 6. The van der Waals surface area contributed by atoms with Gasteiger partial charge >= 0.3 is 0 Å². The molecule has 2 heterocycles. The maximum Gasteiger partial charge on any atom is 0.0603 e. The molecule has 1 saturated heterocycles. The van der Waals surface area contributed by atoms with E-state index in [0.717, 1.165) is 13.0 Å². The van der Waals surface area contributed by atoms with Crippen molar-refractivity contribution >= 4 is 17.0 Å². The summed E-state index contributed by atoms with van der Waals surface area (Å²) in [5.41, 5.74) is 2.65. The first-order valence-electron chi connectivity index (χ1n) is 7.96. The van der Waals surface area contributed by atoms with E-state index in [0.29, 0.717) is 6.04 Å². The molecule has 1 aromatic heterocycles. The van der Waals surface area contributed by atoms with Crippen molar-refractivity contribution in [3.63, 3.8) is 0 Å². The lowest BCUT2D eigenvalue weighted by Gasteiger charge is -2.18. The second kappa shape index (κ2) is 7.10. The van der Waals surface area contributed by atoms with Crippen LogP contribution in [0.1, 0.15) is 42.7 Å². The summed E-state index contributed by atoms with van der Waals surface area (Å²) < 4.78 is 0. The molecule has 0 saturated carbocycles. The zero-order valence-electron chi connectivity index (χ0n) is 12.7. The number of hydrogen-bond acceptors (Lipinski definition) is 3. The van der Waals surface area contributed by atoms with Crippen LogP contribution in [0.15, 0.2) is 41.8 Å². The van der Waals surface area contributed by atoms with Gasteiger partial charge < -0.3 is 5.32 Å². The minimum Gasteiger partial charge on any atom is -0.377 e. The average Bonchev–Trinajstić information content (AvgIpc) is 3.20. The summed E-state index contributed by atoms with van der Waals surface area (Å²) in [6.07, 6.45) is 3.83. The molecule has 1 N–H and O–H groups in total. The van der Waals surface area contributed by atoms with E-state index in [1.54, 1.807) is 0 Å². The number of anilines is 1. The molecule has 1 aromatic carbocycles. The van der Waals surface area contributed by atoms with Crippen LogP contribution in [0.25, 0.3) is 0 Å². The molecule has 21 heavy (non-hydrogen) atoms. The highest BCUT2D eigenvalue weighted by Gasteiger charge is 2.12. The van der Waals surface area contributed by atoms with Crippen molar-refractivity contribution in [3.8, 4) is 0 Å². The monoisotopic (exact) mass is 300 g/mol. The molecule has 3 rings (SSSR count). The van der Waals surface area contributed by atoms with Crippen LogP contribution in [0.4, 0.5) is 5.69 Å². The Morgan fingerprint density at radius 3 is 2.52 bits per heavy atom. The van der Waals surface area contributed by atoms with Gasteiger partial charge in [0.15, 0.2) is 0 Å². The Labute approximate surface area is 131 Å². The summed E-state index contributed by atoms with van der Waals surface area (Å²) in [6, 6.07) is 13.7. The van der Waals surface area contributed by atoms with E-state index in [1.165, 1.54) is 42.1 Å². The first-order valence-corrected chi connectivity index (χ1v) is 8.84. The predicted octanol–water partition coefficient (Wildman–Crippen LogP) is 4.91. The molecule has 1 atom stereocenters. The van der Waals surface area contributed by atoms with Gasteiger partial charge in [-0.1, -0.05) is 25.1 Å². The van der Waals surface area contributed by atoms with Crippen molar-refractivity contribution < 1.29 is 0 Å². The lowest BCUT2D eigenvalue weighted by molar-refractivity contribution is 0.331. The standard InChI is InChI=1S/C18H24N2S/c1-2-17(18-6-5-13-21-18)19-16-9-7-15(8-10-16)14-20-11-3-4-12-20/h5-10,13,17,19H,2-4,11-12,14H2,1H3. The second-order valence-electron chi connectivity index (χ2n) is 5.80. The Morgan fingerprint density at radius 2 is 1.90 bits per heavy atom. The topological polar surface area (TPSA) is 15.3 Å². The van der Waals surface area contributed by atoms with Crippen molar-refractivity contribution in [1.82, 2.24) is 4.90 Å².